The molecule has 17 heavy (non-hydrogen) atoms. The van der Waals surface area contributed by atoms with Crippen LogP contribution in [0.3, 0.4) is 0 Å². The van der Waals surface area contributed by atoms with Gasteiger partial charge in [-0.1, -0.05) is 37.8 Å². The van der Waals surface area contributed by atoms with Gasteiger partial charge in [-0.25, -0.2) is 0 Å². The smallest absolute Gasteiger partial charge is 0.115 e. The molecule has 0 radical (unpaired) electrons. The summed E-state index contributed by atoms with van der Waals surface area (Å²) in [4.78, 5) is 2.44. The van der Waals surface area contributed by atoms with Gasteiger partial charge in [0.25, 0.3) is 0 Å². The quantitative estimate of drug-likeness (QED) is 0.807. The highest BCUT2D eigenvalue weighted by Gasteiger charge is 2.16. The SMILES string of the molecule is CN(Cc1cccc(O)c1)C1CCCCCC1. The Kier molecular flexibility index (Phi) is 4.43. The van der Waals surface area contributed by atoms with Gasteiger partial charge in [-0.15, -0.1) is 0 Å². The molecule has 1 aliphatic rings. The maximum atomic E-state index is 9.46. The zero-order valence-electron chi connectivity index (χ0n) is 10.7. The molecule has 2 rings (SSSR count). The van der Waals surface area contributed by atoms with E-state index in [1.807, 2.05) is 12.1 Å². The van der Waals surface area contributed by atoms with Crippen LogP contribution >= 0.6 is 0 Å². The highest BCUT2D eigenvalue weighted by Crippen LogP contribution is 2.22. The van der Waals surface area contributed by atoms with E-state index in [4.69, 9.17) is 0 Å². The number of aromatic hydroxyl groups is 1. The lowest BCUT2D eigenvalue weighted by Crippen LogP contribution is -2.30. The van der Waals surface area contributed by atoms with Gasteiger partial charge < -0.3 is 5.11 Å². The molecule has 1 N–H and O–H groups in total. The first-order chi connectivity index (χ1) is 8.25. The Morgan fingerprint density at radius 3 is 2.53 bits per heavy atom. The Hall–Kier alpha value is -1.02. The largest absolute Gasteiger partial charge is 0.508 e. The summed E-state index contributed by atoms with van der Waals surface area (Å²) in [5, 5.41) is 9.46. The summed E-state index contributed by atoms with van der Waals surface area (Å²) in [5.74, 6) is 0.372. The molecule has 1 saturated carbocycles. The van der Waals surface area contributed by atoms with Crippen LogP contribution in [0.4, 0.5) is 0 Å². The predicted octanol–water partition coefficient (Wildman–Crippen LogP) is 3.55. The number of hydrogen-bond donors (Lipinski definition) is 1. The summed E-state index contributed by atoms with van der Waals surface area (Å²) in [6.07, 6.45) is 8.20. The number of nitrogens with zero attached hydrogens (tertiary/aromatic N) is 1. The molecular formula is C15H23NO. The second kappa shape index (κ2) is 6.06. The molecule has 0 aromatic heterocycles. The van der Waals surface area contributed by atoms with Crippen LogP contribution in [0.1, 0.15) is 44.1 Å². The van der Waals surface area contributed by atoms with Crippen molar-refractivity contribution in [1.82, 2.24) is 4.90 Å². The molecule has 0 atom stereocenters. The van der Waals surface area contributed by atoms with E-state index in [0.29, 0.717) is 5.75 Å². The fraction of sp³-hybridized carbons (Fsp3) is 0.600. The molecule has 2 heteroatoms. The second-order valence-corrected chi connectivity index (χ2v) is 5.23. The lowest BCUT2D eigenvalue weighted by molar-refractivity contribution is 0.213. The number of benzene rings is 1. The summed E-state index contributed by atoms with van der Waals surface area (Å²) >= 11 is 0. The molecule has 0 heterocycles. The molecule has 2 nitrogen and oxygen atoms in total. The Morgan fingerprint density at radius 1 is 1.18 bits per heavy atom. The Morgan fingerprint density at radius 2 is 1.88 bits per heavy atom. The zero-order valence-corrected chi connectivity index (χ0v) is 10.7. The van der Waals surface area contributed by atoms with Crippen LogP contribution in [-0.2, 0) is 6.54 Å². The first-order valence-electron chi connectivity index (χ1n) is 6.74. The first-order valence-corrected chi connectivity index (χ1v) is 6.74. The van der Waals surface area contributed by atoms with Crippen molar-refractivity contribution in [2.24, 2.45) is 0 Å². The van der Waals surface area contributed by atoms with Gasteiger partial charge in [0.1, 0.15) is 5.75 Å². The van der Waals surface area contributed by atoms with Crippen molar-refractivity contribution >= 4 is 0 Å². The van der Waals surface area contributed by atoms with Crippen LogP contribution in [0.5, 0.6) is 5.75 Å². The highest BCUT2D eigenvalue weighted by molar-refractivity contribution is 5.26. The minimum absolute atomic E-state index is 0.372. The average molecular weight is 233 g/mol. The van der Waals surface area contributed by atoms with Crippen LogP contribution in [0.15, 0.2) is 24.3 Å². The second-order valence-electron chi connectivity index (χ2n) is 5.23. The molecule has 0 spiro atoms. The van der Waals surface area contributed by atoms with Crippen molar-refractivity contribution in [3.8, 4) is 5.75 Å². The standard InChI is InChI=1S/C15H23NO/c1-16(14-8-4-2-3-5-9-14)12-13-7-6-10-15(17)11-13/h6-7,10-11,14,17H,2-5,8-9,12H2,1H3. The van der Waals surface area contributed by atoms with E-state index in [2.05, 4.69) is 18.0 Å². The topological polar surface area (TPSA) is 23.5 Å². The predicted molar refractivity (Wildman–Crippen MR) is 71.1 cm³/mol. The number of phenolic OH excluding ortho intramolecular Hbond substituents is 1. The molecule has 0 aliphatic heterocycles. The van der Waals surface area contributed by atoms with Crippen LogP contribution in [-0.4, -0.2) is 23.1 Å². The number of rotatable bonds is 3. The molecular weight excluding hydrogens is 210 g/mol. The normalized spacial score (nSPS) is 18.2. The maximum absolute atomic E-state index is 9.46. The Balaban J connectivity index is 1.93. The van der Waals surface area contributed by atoms with E-state index in [1.54, 1.807) is 6.07 Å². The minimum atomic E-state index is 0.372. The number of phenols is 1. The van der Waals surface area contributed by atoms with E-state index in [9.17, 15) is 5.11 Å². The van der Waals surface area contributed by atoms with Crippen molar-refractivity contribution in [3.05, 3.63) is 29.8 Å². The highest BCUT2D eigenvalue weighted by atomic mass is 16.3. The maximum Gasteiger partial charge on any atom is 0.115 e. The van der Waals surface area contributed by atoms with Crippen molar-refractivity contribution in [2.75, 3.05) is 7.05 Å². The molecule has 1 fully saturated rings. The molecule has 0 saturated heterocycles. The molecule has 1 aromatic carbocycles. The van der Waals surface area contributed by atoms with Gasteiger partial charge in [-0.3, -0.25) is 4.90 Å². The molecule has 0 unspecified atom stereocenters. The minimum Gasteiger partial charge on any atom is -0.508 e. The summed E-state index contributed by atoms with van der Waals surface area (Å²) in [5.41, 5.74) is 1.21. The van der Waals surface area contributed by atoms with Gasteiger partial charge in [0.15, 0.2) is 0 Å². The number of hydrogen-bond acceptors (Lipinski definition) is 2. The lowest BCUT2D eigenvalue weighted by atomic mass is 10.1. The van der Waals surface area contributed by atoms with Gasteiger partial charge in [-0.2, -0.15) is 0 Å². The van der Waals surface area contributed by atoms with E-state index < -0.39 is 0 Å². The van der Waals surface area contributed by atoms with Crippen LogP contribution in [0.25, 0.3) is 0 Å². The van der Waals surface area contributed by atoms with Crippen molar-refractivity contribution in [1.29, 1.82) is 0 Å². The van der Waals surface area contributed by atoms with Gasteiger partial charge >= 0.3 is 0 Å². The van der Waals surface area contributed by atoms with E-state index in [1.165, 1.54) is 44.1 Å². The van der Waals surface area contributed by atoms with E-state index in [-0.39, 0.29) is 0 Å². The summed E-state index contributed by atoms with van der Waals surface area (Å²) in [7, 11) is 2.21. The average Bonchev–Trinajstić information content (AvgIpc) is 2.57. The Labute approximate surface area is 104 Å². The third-order valence-electron chi connectivity index (χ3n) is 3.79. The molecule has 94 valence electrons. The van der Waals surface area contributed by atoms with Gasteiger partial charge in [0.2, 0.25) is 0 Å². The molecule has 1 aromatic rings. The third-order valence-corrected chi connectivity index (χ3v) is 3.79. The monoisotopic (exact) mass is 233 g/mol. The van der Waals surface area contributed by atoms with Crippen LogP contribution < -0.4 is 0 Å². The van der Waals surface area contributed by atoms with Gasteiger partial charge in [-0.05, 0) is 37.6 Å². The fourth-order valence-corrected chi connectivity index (χ4v) is 2.77. The van der Waals surface area contributed by atoms with Crippen LogP contribution in [0, 0.1) is 0 Å². The zero-order chi connectivity index (χ0) is 12.1. The van der Waals surface area contributed by atoms with Gasteiger partial charge in [0.05, 0.1) is 0 Å². The first kappa shape index (κ1) is 12.4. The fourth-order valence-electron chi connectivity index (χ4n) is 2.77. The van der Waals surface area contributed by atoms with E-state index in [0.717, 1.165) is 12.6 Å². The van der Waals surface area contributed by atoms with Crippen LogP contribution in [0.2, 0.25) is 0 Å². The van der Waals surface area contributed by atoms with Gasteiger partial charge in [0, 0.05) is 12.6 Å². The summed E-state index contributed by atoms with van der Waals surface area (Å²) in [6.45, 7) is 0.944. The van der Waals surface area contributed by atoms with Crippen molar-refractivity contribution in [2.45, 2.75) is 51.1 Å². The lowest BCUT2D eigenvalue weighted by Gasteiger charge is -2.27. The summed E-state index contributed by atoms with van der Waals surface area (Å²) in [6, 6.07) is 8.33. The molecule has 1 aliphatic carbocycles. The van der Waals surface area contributed by atoms with E-state index >= 15 is 0 Å². The molecule has 0 bridgehead atoms. The van der Waals surface area contributed by atoms with Crippen molar-refractivity contribution in [3.63, 3.8) is 0 Å². The third kappa shape index (κ3) is 3.74. The summed E-state index contributed by atoms with van der Waals surface area (Å²) < 4.78 is 0. The van der Waals surface area contributed by atoms with Crippen molar-refractivity contribution < 1.29 is 5.11 Å². The molecule has 0 amide bonds. The Bertz CT molecular complexity index is 343.